The van der Waals surface area contributed by atoms with E-state index in [0.717, 1.165) is 26.1 Å². The zero-order valence-corrected chi connectivity index (χ0v) is 13.2. The molecule has 0 heterocycles. The van der Waals surface area contributed by atoms with Crippen molar-refractivity contribution in [1.29, 1.82) is 0 Å². The third-order valence-corrected chi connectivity index (χ3v) is 3.56. The molecule has 2 unspecified atom stereocenters. The van der Waals surface area contributed by atoms with Gasteiger partial charge in [-0.2, -0.15) is 0 Å². The summed E-state index contributed by atoms with van der Waals surface area (Å²) in [6.07, 6.45) is 6.07. The van der Waals surface area contributed by atoms with Crippen molar-refractivity contribution in [3.63, 3.8) is 0 Å². The molecular formula is C15H34N2O. The van der Waals surface area contributed by atoms with E-state index in [1.165, 1.54) is 25.7 Å². The fourth-order valence-electron chi connectivity index (χ4n) is 2.60. The summed E-state index contributed by atoms with van der Waals surface area (Å²) in [7, 11) is 4.03. The summed E-state index contributed by atoms with van der Waals surface area (Å²) in [6.45, 7) is 9.93. The lowest BCUT2D eigenvalue weighted by molar-refractivity contribution is 0.144. The smallest absolute Gasteiger partial charge is 0.0474 e. The zero-order valence-electron chi connectivity index (χ0n) is 13.2. The fraction of sp³-hybridized carbons (Fsp3) is 1.00. The molecular weight excluding hydrogens is 224 g/mol. The monoisotopic (exact) mass is 258 g/mol. The van der Waals surface area contributed by atoms with Crippen molar-refractivity contribution < 1.29 is 4.74 Å². The maximum atomic E-state index is 5.14. The fourth-order valence-corrected chi connectivity index (χ4v) is 2.60. The maximum absolute atomic E-state index is 5.14. The van der Waals surface area contributed by atoms with E-state index in [-0.39, 0.29) is 0 Å². The predicted octanol–water partition coefficient (Wildman–Crippen LogP) is 2.90. The molecule has 0 aliphatic heterocycles. The number of methoxy groups -OCH3 is 1. The van der Waals surface area contributed by atoms with E-state index >= 15 is 0 Å². The summed E-state index contributed by atoms with van der Waals surface area (Å²) in [5.74, 6) is 0. The highest BCUT2D eigenvalue weighted by Gasteiger charge is 2.22. The third kappa shape index (κ3) is 7.34. The molecule has 0 bridgehead atoms. The maximum Gasteiger partial charge on any atom is 0.0474 e. The first-order chi connectivity index (χ1) is 8.71. The Bertz CT molecular complexity index is 176. The number of hydrogen-bond donors (Lipinski definition) is 1. The van der Waals surface area contributed by atoms with Gasteiger partial charge in [-0.25, -0.2) is 0 Å². The average Bonchev–Trinajstić information content (AvgIpc) is 2.37. The van der Waals surface area contributed by atoms with E-state index in [2.05, 4.69) is 38.0 Å². The second kappa shape index (κ2) is 11.9. The summed E-state index contributed by atoms with van der Waals surface area (Å²) in [6, 6.07) is 1.28. The van der Waals surface area contributed by atoms with Crippen molar-refractivity contribution in [2.75, 3.05) is 33.9 Å². The van der Waals surface area contributed by atoms with E-state index in [4.69, 9.17) is 4.74 Å². The van der Waals surface area contributed by atoms with Crippen LogP contribution in [0, 0.1) is 0 Å². The van der Waals surface area contributed by atoms with Crippen molar-refractivity contribution >= 4 is 0 Å². The Morgan fingerprint density at radius 3 is 2.39 bits per heavy atom. The lowest BCUT2D eigenvalue weighted by Crippen LogP contribution is -2.49. The number of nitrogens with one attached hydrogen (secondary N) is 1. The molecule has 0 radical (unpaired) electrons. The molecule has 110 valence electrons. The van der Waals surface area contributed by atoms with E-state index in [9.17, 15) is 0 Å². The van der Waals surface area contributed by atoms with Crippen LogP contribution in [-0.2, 0) is 4.74 Å². The zero-order chi connectivity index (χ0) is 13.8. The molecule has 3 heteroatoms. The first-order valence-electron chi connectivity index (χ1n) is 7.63. The van der Waals surface area contributed by atoms with Crippen LogP contribution in [0.1, 0.15) is 52.9 Å². The van der Waals surface area contributed by atoms with Crippen LogP contribution in [0.25, 0.3) is 0 Å². The molecule has 0 saturated heterocycles. The summed E-state index contributed by atoms with van der Waals surface area (Å²) >= 11 is 0. The summed E-state index contributed by atoms with van der Waals surface area (Å²) < 4.78 is 5.14. The number of hydrogen-bond acceptors (Lipinski definition) is 3. The van der Waals surface area contributed by atoms with Gasteiger partial charge in [0.15, 0.2) is 0 Å². The molecule has 0 aromatic heterocycles. The Morgan fingerprint density at radius 1 is 1.17 bits per heavy atom. The predicted molar refractivity (Wildman–Crippen MR) is 80.2 cm³/mol. The molecule has 0 spiro atoms. The van der Waals surface area contributed by atoms with Crippen LogP contribution in [0.15, 0.2) is 0 Å². The van der Waals surface area contributed by atoms with E-state index < -0.39 is 0 Å². The van der Waals surface area contributed by atoms with Crippen LogP contribution in [-0.4, -0.2) is 50.8 Å². The highest BCUT2D eigenvalue weighted by atomic mass is 16.5. The standard InChI is InChI=1S/C15H34N2O/c1-6-10-14(16-11-7-2)15(8-3)17(4)12-9-13-18-5/h14-16H,6-13H2,1-5H3. The van der Waals surface area contributed by atoms with Gasteiger partial charge in [0, 0.05) is 32.3 Å². The van der Waals surface area contributed by atoms with Crippen molar-refractivity contribution in [3.05, 3.63) is 0 Å². The third-order valence-electron chi connectivity index (χ3n) is 3.56. The van der Waals surface area contributed by atoms with Crippen LogP contribution < -0.4 is 5.32 Å². The molecule has 0 aliphatic carbocycles. The van der Waals surface area contributed by atoms with E-state index in [1.54, 1.807) is 7.11 Å². The molecule has 0 aliphatic rings. The number of likely N-dealkylation sites (N-methyl/N-ethyl adjacent to an activating group) is 1. The van der Waals surface area contributed by atoms with E-state index in [0.29, 0.717) is 12.1 Å². The van der Waals surface area contributed by atoms with Crippen molar-refractivity contribution in [2.45, 2.75) is 65.0 Å². The molecule has 1 N–H and O–H groups in total. The van der Waals surface area contributed by atoms with Gasteiger partial charge in [-0.05, 0) is 39.3 Å². The second-order valence-corrected chi connectivity index (χ2v) is 5.15. The molecule has 0 aromatic carbocycles. The average molecular weight is 258 g/mol. The first-order valence-corrected chi connectivity index (χ1v) is 7.63. The van der Waals surface area contributed by atoms with Gasteiger partial charge in [-0.15, -0.1) is 0 Å². The molecule has 0 rings (SSSR count). The van der Waals surface area contributed by atoms with Gasteiger partial charge < -0.3 is 15.0 Å². The van der Waals surface area contributed by atoms with Crippen LogP contribution in [0.5, 0.6) is 0 Å². The normalized spacial score (nSPS) is 15.0. The molecule has 0 fully saturated rings. The van der Waals surface area contributed by atoms with Crippen LogP contribution in [0.4, 0.5) is 0 Å². The first kappa shape index (κ1) is 17.9. The van der Waals surface area contributed by atoms with Gasteiger partial charge in [0.1, 0.15) is 0 Å². The Kier molecular flexibility index (Phi) is 11.9. The Hall–Kier alpha value is -0.120. The Morgan fingerprint density at radius 2 is 1.89 bits per heavy atom. The Balaban J connectivity index is 4.26. The number of nitrogens with zero attached hydrogens (tertiary/aromatic N) is 1. The van der Waals surface area contributed by atoms with Gasteiger partial charge in [-0.1, -0.05) is 27.2 Å². The highest BCUT2D eigenvalue weighted by Crippen LogP contribution is 2.13. The lowest BCUT2D eigenvalue weighted by Gasteiger charge is -2.35. The number of rotatable bonds is 12. The van der Waals surface area contributed by atoms with Crippen molar-refractivity contribution in [3.8, 4) is 0 Å². The van der Waals surface area contributed by atoms with Crippen LogP contribution in [0.3, 0.4) is 0 Å². The minimum Gasteiger partial charge on any atom is -0.385 e. The largest absolute Gasteiger partial charge is 0.385 e. The minimum absolute atomic E-state index is 0.632. The van der Waals surface area contributed by atoms with Crippen LogP contribution in [0.2, 0.25) is 0 Å². The van der Waals surface area contributed by atoms with Gasteiger partial charge >= 0.3 is 0 Å². The van der Waals surface area contributed by atoms with E-state index in [1.807, 2.05) is 0 Å². The van der Waals surface area contributed by atoms with Gasteiger partial charge in [0.05, 0.1) is 0 Å². The van der Waals surface area contributed by atoms with Crippen molar-refractivity contribution in [1.82, 2.24) is 10.2 Å². The van der Waals surface area contributed by atoms with Gasteiger partial charge in [0.2, 0.25) is 0 Å². The SMILES string of the molecule is CCCNC(CCC)C(CC)N(C)CCCOC. The molecule has 3 nitrogen and oxygen atoms in total. The number of ether oxygens (including phenoxy) is 1. The summed E-state index contributed by atoms with van der Waals surface area (Å²) in [4.78, 5) is 2.50. The summed E-state index contributed by atoms with van der Waals surface area (Å²) in [5.41, 5.74) is 0. The second-order valence-electron chi connectivity index (χ2n) is 5.15. The molecule has 18 heavy (non-hydrogen) atoms. The van der Waals surface area contributed by atoms with Gasteiger partial charge in [0.25, 0.3) is 0 Å². The quantitative estimate of drug-likeness (QED) is 0.545. The van der Waals surface area contributed by atoms with Crippen molar-refractivity contribution in [2.24, 2.45) is 0 Å². The topological polar surface area (TPSA) is 24.5 Å². The minimum atomic E-state index is 0.632. The highest BCUT2D eigenvalue weighted by molar-refractivity contribution is 4.82. The van der Waals surface area contributed by atoms with Gasteiger partial charge in [-0.3, -0.25) is 0 Å². The molecule has 0 aromatic rings. The molecule has 0 amide bonds. The molecule has 0 saturated carbocycles. The molecule has 2 atom stereocenters. The Labute approximate surface area is 114 Å². The summed E-state index contributed by atoms with van der Waals surface area (Å²) in [5, 5.41) is 3.72. The lowest BCUT2D eigenvalue weighted by atomic mass is 9.99. The van der Waals surface area contributed by atoms with Crippen LogP contribution >= 0.6 is 0 Å².